The molecule has 7 heteroatoms. The van der Waals surface area contributed by atoms with E-state index in [0.29, 0.717) is 18.8 Å². The van der Waals surface area contributed by atoms with Crippen LogP contribution >= 0.6 is 11.3 Å². The van der Waals surface area contributed by atoms with Gasteiger partial charge in [-0.2, -0.15) is 0 Å². The lowest BCUT2D eigenvalue weighted by Gasteiger charge is -2.40. The summed E-state index contributed by atoms with van der Waals surface area (Å²) in [5.41, 5.74) is 3.11. The number of thiazole rings is 1. The second kappa shape index (κ2) is 7.11. The van der Waals surface area contributed by atoms with Crippen LogP contribution in [0.1, 0.15) is 67.8 Å². The summed E-state index contributed by atoms with van der Waals surface area (Å²) in [4.78, 5) is 22.1. The minimum absolute atomic E-state index is 0.114. The molecule has 0 unspecified atom stereocenters. The van der Waals surface area contributed by atoms with Crippen LogP contribution in [0, 0.1) is 5.41 Å². The maximum atomic E-state index is 12.7. The Morgan fingerprint density at radius 1 is 1.25 bits per heavy atom. The SMILES string of the molecule is CCOC(=O)c1nc2sc3c(n2c1CN1CCOCC1)CC(C)(C)CC3(C)C. The quantitative estimate of drug-likeness (QED) is 0.727. The van der Waals surface area contributed by atoms with E-state index in [2.05, 4.69) is 37.0 Å². The lowest BCUT2D eigenvalue weighted by atomic mass is 9.67. The van der Waals surface area contributed by atoms with E-state index in [1.807, 2.05) is 6.92 Å². The molecule has 2 aromatic rings. The van der Waals surface area contributed by atoms with Gasteiger partial charge in [0.2, 0.25) is 0 Å². The van der Waals surface area contributed by atoms with Gasteiger partial charge < -0.3 is 9.47 Å². The van der Waals surface area contributed by atoms with E-state index in [-0.39, 0.29) is 16.8 Å². The highest BCUT2D eigenvalue weighted by molar-refractivity contribution is 7.17. The van der Waals surface area contributed by atoms with Crippen LogP contribution in [0.2, 0.25) is 0 Å². The molecule has 0 N–H and O–H groups in total. The minimum atomic E-state index is -0.315. The minimum Gasteiger partial charge on any atom is -0.461 e. The van der Waals surface area contributed by atoms with Crippen LogP contribution in [0.3, 0.4) is 0 Å². The van der Waals surface area contributed by atoms with Crippen LogP contribution in [0.5, 0.6) is 0 Å². The van der Waals surface area contributed by atoms with Gasteiger partial charge in [-0.15, -0.1) is 11.3 Å². The normalized spacial score (nSPS) is 21.6. The number of carbonyl (C=O) groups is 1. The molecule has 0 aromatic carbocycles. The van der Waals surface area contributed by atoms with Crippen molar-refractivity contribution in [3.63, 3.8) is 0 Å². The van der Waals surface area contributed by atoms with Crippen molar-refractivity contribution < 1.29 is 14.3 Å². The van der Waals surface area contributed by atoms with E-state index in [1.165, 1.54) is 10.6 Å². The summed E-state index contributed by atoms with van der Waals surface area (Å²) in [5.74, 6) is -0.315. The lowest BCUT2D eigenvalue weighted by molar-refractivity contribution is 0.0329. The Hall–Kier alpha value is -1.44. The van der Waals surface area contributed by atoms with Crippen molar-refractivity contribution in [1.82, 2.24) is 14.3 Å². The largest absolute Gasteiger partial charge is 0.461 e. The molecule has 2 aliphatic rings. The first kappa shape index (κ1) is 19.9. The summed E-state index contributed by atoms with van der Waals surface area (Å²) in [6.45, 7) is 15.5. The van der Waals surface area contributed by atoms with Crippen molar-refractivity contribution in [3.05, 3.63) is 22.0 Å². The monoisotopic (exact) mass is 405 g/mol. The van der Waals surface area contributed by atoms with E-state index in [1.54, 1.807) is 11.3 Å². The Labute approximate surface area is 170 Å². The molecule has 3 heterocycles. The zero-order chi connectivity index (χ0) is 20.1. The number of rotatable bonds is 4. The molecule has 0 atom stereocenters. The molecule has 1 aliphatic carbocycles. The van der Waals surface area contributed by atoms with E-state index in [4.69, 9.17) is 14.5 Å². The van der Waals surface area contributed by atoms with Gasteiger partial charge in [-0.1, -0.05) is 27.7 Å². The lowest BCUT2D eigenvalue weighted by Crippen LogP contribution is -2.37. The summed E-state index contributed by atoms with van der Waals surface area (Å²) in [6.07, 6.45) is 2.15. The van der Waals surface area contributed by atoms with Crippen molar-refractivity contribution in [2.24, 2.45) is 5.41 Å². The molecule has 6 nitrogen and oxygen atoms in total. The smallest absolute Gasteiger partial charge is 0.358 e. The van der Waals surface area contributed by atoms with Gasteiger partial charge in [0.15, 0.2) is 10.7 Å². The third-order valence-corrected chi connectivity index (χ3v) is 7.24. The third kappa shape index (κ3) is 3.48. The molecule has 0 radical (unpaired) electrons. The average Bonchev–Trinajstić information content (AvgIpc) is 3.13. The topological polar surface area (TPSA) is 56.1 Å². The maximum Gasteiger partial charge on any atom is 0.358 e. The fourth-order valence-corrected chi connectivity index (χ4v) is 6.25. The molecule has 0 saturated carbocycles. The van der Waals surface area contributed by atoms with E-state index in [9.17, 15) is 4.79 Å². The molecule has 154 valence electrons. The van der Waals surface area contributed by atoms with Crippen LogP contribution in [-0.4, -0.2) is 53.2 Å². The van der Waals surface area contributed by atoms with Gasteiger partial charge in [0, 0.05) is 35.6 Å². The Bertz CT molecular complexity index is 890. The Kier molecular flexibility index (Phi) is 5.04. The molecule has 0 amide bonds. The highest BCUT2D eigenvalue weighted by atomic mass is 32.1. The van der Waals surface area contributed by atoms with Crippen molar-refractivity contribution in [1.29, 1.82) is 0 Å². The number of nitrogens with zero attached hydrogens (tertiary/aromatic N) is 3. The second-order valence-corrected chi connectivity index (χ2v) is 10.4. The molecule has 0 spiro atoms. The van der Waals surface area contributed by atoms with E-state index in [0.717, 1.165) is 49.8 Å². The number of aromatic nitrogens is 2. The van der Waals surface area contributed by atoms with Crippen LogP contribution in [0.4, 0.5) is 0 Å². The first-order valence-electron chi connectivity index (χ1n) is 10.2. The van der Waals surface area contributed by atoms with E-state index >= 15 is 0 Å². The number of carbonyl (C=O) groups excluding carboxylic acids is 1. The van der Waals surface area contributed by atoms with Crippen LogP contribution in [0.25, 0.3) is 4.96 Å². The zero-order valence-corrected chi connectivity index (χ0v) is 18.4. The van der Waals surface area contributed by atoms with Gasteiger partial charge in [-0.05, 0) is 25.2 Å². The van der Waals surface area contributed by atoms with Crippen molar-refractivity contribution in [2.75, 3.05) is 32.9 Å². The van der Waals surface area contributed by atoms with Gasteiger partial charge in [-0.25, -0.2) is 9.78 Å². The first-order chi connectivity index (χ1) is 13.2. The molecule has 4 rings (SSSR count). The fourth-order valence-electron chi connectivity index (χ4n) is 4.99. The molecule has 1 aliphatic heterocycles. The van der Waals surface area contributed by atoms with Gasteiger partial charge in [0.25, 0.3) is 0 Å². The number of fused-ring (bicyclic) bond motifs is 3. The highest BCUT2D eigenvalue weighted by Gasteiger charge is 2.41. The number of hydrogen-bond donors (Lipinski definition) is 0. The van der Waals surface area contributed by atoms with Crippen LogP contribution in [-0.2, 0) is 27.9 Å². The number of esters is 1. The van der Waals surface area contributed by atoms with Gasteiger partial charge in [-0.3, -0.25) is 9.30 Å². The summed E-state index contributed by atoms with van der Waals surface area (Å²) in [5, 5.41) is 0. The number of imidazole rings is 1. The molecular weight excluding hydrogens is 374 g/mol. The summed E-state index contributed by atoms with van der Waals surface area (Å²) < 4.78 is 13.1. The summed E-state index contributed by atoms with van der Waals surface area (Å²) >= 11 is 1.74. The second-order valence-electron chi connectivity index (χ2n) is 9.41. The van der Waals surface area contributed by atoms with Crippen LogP contribution in [0.15, 0.2) is 0 Å². The Morgan fingerprint density at radius 2 is 1.96 bits per heavy atom. The Balaban J connectivity index is 1.85. The van der Waals surface area contributed by atoms with Gasteiger partial charge >= 0.3 is 5.97 Å². The maximum absolute atomic E-state index is 12.7. The predicted octanol–water partition coefficient (Wildman–Crippen LogP) is 3.65. The molecule has 2 aromatic heterocycles. The third-order valence-electron chi connectivity index (χ3n) is 5.79. The van der Waals surface area contributed by atoms with Crippen molar-refractivity contribution in [3.8, 4) is 0 Å². The average molecular weight is 406 g/mol. The highest BCUT2D eigenvalue weighted by Crippen LogP contribution is 2.49. The molecule has 1 saturated heterocycles. The summed E-state index contributed by atoms with van der Waals surface area (Å²) in [7, 11) is 0. The molecule has 0 bridgehead atoms. The standard InChI is InChI=1S/C21H31N3O3S/c1-6-27-18(25)16-15(12-23-7-9-26-10-8-23)24-14-11-20(2,3)13-21(4,5)17(14)28-19(24)22-16/h6-13H2,1-5H3. The molecular formula is C21H31N3O3S. The van der Waals surface area contributed by atoms with Crippen molar-refractivity contribution in [2.45, 2.75) is 59.4 Å². The molecule has 1 fully saturated rings. The van der Waals surface area contributed by atoms with Gasteiger partial charge in [0.1, 0.15) is 0 Å². The zero-order valence-electron chi connectivity index (χ0n) is 17.6. The van der Waals surface area contributed by atoms with Crippen LogP contribution < -0.4 is 0 Å². The molecule has 28 heavy (non-hydrogen) atoms. The first-order valence-corrected chi connectivity index (χ1v) is 11.0. The van der Waals surface area contributed by atoms with Crippen molar-refractivity contribution >= 4 is 22.3 Å². The van der Waals surface area contributed by atoms with E-state index < -0.39 is 0 Å². The van der Waals surface area contributed by atoms with Gasteiger partial charge in [0.05, 0.1) is 25.5 Å². The number of morpholine rings is 1. The summed E-state index contributed by atoms with van der Waals surface area (Å²) in [6, 6.07) is 0. The Morgan fingerprint density at radius 3 is 2.64 bits per heavy atom. The number of ether oxygens (including phenoxy) is 2. The number of hydrogen-bond acceptors (Lipinski definition) is 6. The fraction of sp³-hybridized carbons (Fsp3) is 0.714. The predicted molar refractivity (Wildman–Crippen MR) is 110 cm³/mol.